The second-order valence-electron chi connectivity index (χ2n) is 10.7. The Morgan fingerprint density at radius 1 is 0.930 bits per heavy atom. The highest BCUT2D eigenvalue weighted by atomic mass is 19.1. The van der Waals surface area contributed by atoms with Crippen LogP contribution in [0.25, 0.3) is 10.9 Å². The number of rotatable bonds is 7. The fraction of sp³-hybridized carbons (Fsp3) is 0.412. The molecule has 0 aliphatic carbocycles. The van der Waals surface area contributed by atoms with Crippen LogP contribution in [-0.2, 0) is 11.2 Å². The molecular formula is C34H43F2N5O2. The first-order chi connectivity index (χ1) is 21.0. The van der Waals surface area contributed by atoms with Crippen LogP contribution in [0, 0.1) is 11.6 Å². The van der Waals surface area contributed by atoms with Crippen molar-refractivity contribution in [1.82, 2.24) is 15.5 Å². The van der Waals surface area contributed by atoms with Gasteiger partial charge >= 0.3 is 0 Å². The number of nitrogens with one attached hydrogen (secondary N) is 4. The number of anilines is 2. The molecule has 0 amide bonds. The first-order valence-corrected chi connectivity index (χ1v) is 15.3. The fourth-order valence-electron chi connectivity index (χ4n) is 5.58. The summed E-state index contributed by atoms with van der Waals surface area (Å²) < 4.78 is 31.8. The standard InChI is InChI=1S/C17H24N2O2.C15H13F2N3.C2H6/c20-12-15-2-1-14(13-3-7-18-8-4-13)11-17(15)19-16-5-9-21-10-6-16;1-18-15-13-7-9(2-3-14(13)19-20-15)4-10-5-11(16)8-12(17)6-10;1-2/h1-2,11-13,16,18-19H,3-10H2;2-3,5-8H,4H2,1H3,(H2,18,19,20);1-2H3. The molecule has 4 N–H and O–H groups in total. The highest BCUT2D eigenvalue weighted by molar-refractivity contribution is 5.90. The average Bonchev–Trinajstić information content (AvgIpc) is 3.45. The minimum atomic E-state index is -0.555. The van der Waals surface area contributed by atoms with Gasteiger partial charge in [-0.15, -0.1) is 0 Å². The molecule has 0 atom stereocenters. The maximum atomic E-state index is 13.2. The van der Waals surface area contributed by atoms with Crippen LogP contribution < -0.4 is 16.0 Å². The van der Waals surface area contributed by atoms with Crippen molar-refractivity contribution in [2.45, 2.75) is 57.9 Å². The average molecular weight is 592 g/mol. The van der Waals surface area contributed by atoms with Crippen molar-refractivity contribution in [3.05, 3.63) is 88.5 Å². The summed E-state index contributed by atoms with van der Waals surface area (Å²) in [6.07, 6.45) is 5.80. The molecule has 1 aromatic heterocycles. The number of carbonyl (C=O) groups excluding carboxylic acids is 1. The van der Waals surface area contributed by atoms with Gasteiger partial charge in [-0.1, -0.05) is 26.0 Å². The van der Waals surface area contributed by atoms with Crippen LogP contribution in [0.3, 0.4) is 0 Å². The summed E-state index contributed by atoms with van der Waals surface area (Å²) >= 11 is 0. The molecule has 43 heavy (non-hydrogen) atoms. The molecule has 9 heteroatoms. The van der Waals surface area contributed by atoms with E-state index in [0.717, 1.165) is 85.0 Å². The van der Waals surface area contributed by atoms with Gasteiger partial charge in [-0.3, -0.25) is 9.89 Å². The smallest absolute Gasteiger partial charge is 0.155 e. The second kappa shape index (κ2) is 16.1. The lowest BCUT2D eigenvalue weighted by molar-refractivity contribution is 0.0904. The third kappa shape index (κ3) is 8.84. The van der Waals surface area contributed by atoms with Crippen LogP contribution in [0.4, 0.5) is 20.3 Å². The maximum absolute atomic E-state index is 13.2. The number of ether oxygens (including phenoxy) is 1. The number of aromatic amines is 1. The van der Waals surface area contributed by atoms with Gasteiger partial charge in [0.2, 0.25) is 0 Å². The number of nitrogens with zero attached hydrogens (tertiary/aromatic N) is 1. The molecule has 3 aromatic carbocycles. The van der Waals surface area contributed by atoms with E-state index in [1.165, 1.54) is 30.5 Å². The number of carbonyl (C=O) groups is 1. The van der Waals surface area contributed by atoms with Crippen molar-refractivity contribution in [2.24, 2.45) is 0 Å². The Bertz CT molecular complexity index is 1440. The SMILES string of the molecule is CC.CNc1n[nH]c2ccc(Cc3cc(F)cc(F)c3)cc12.O=Cc1ccc(C2CCNCC2)cc1NC1CCOCC1. The molecule has 0 bridgehead atoms. The van der Waals surface area contributed by atoms with Gasteiger partial charge in [0.25, 0.3) is 0 Å². The third-order valence-electron chi connectivity index (χ3n) is 7.79. The molecule has 0 radical (unpaired) electrons. The van der Waals surface area contributed by atoms with E-state index in [2.05, 4.69) is 38.3 Å². The van der Waals surface area contributed by atoms with Crippen LogP contribution in [0.2, 0.25) is 0 Å². The molecule has 0 spiro atoms. The number of halogens is 2. The topological polar surface area (TPSA) is 91.1 Å². The third-order valence-corrected chi connectivity index (χ3v) is 7.79. The zero-order valence-corrected chi connectivity index (χ0v) is 25.3. The van der Waals surface area contributed by atoms with Crippen LogP contribution in [0.15, 0.2) is 54.6 Å². The van der Waals surface area contributed by atoms with Gasteiger partial charge in [-0.25, -0.2) is 8.78 Å². The minimum Gasteiger partial charge on any atom is -0.382 e. The van der Waals surface area contributed by atoms with Crippen LogP contribution in [0.5, 0.6) is 0 Å². The summed E-state index contributed by atoms with van der Waals surface area (Å²) in [5.74, 6) is 0.259. The number of hydrogen-bond donors (Lipinski definition) is 4. The number of piperidine rings is 1. The lowest BCUT2D eigenvalue weighted by Crippen LogP contribution is -2.29. The number of aldehydes is 1. The number of aromatic nitrogens is 2. The minimum absolute atomic E-state index is 0.417. The lowest BCUT2D eigenvalue weighted by Gasteiger charge is -2.27. The van der Waals surface area contributed by atoms with E-state index in [0.29, 0.717) is 23.9 Å². The molecule has 0 unspecified atom stereocenters. The molecule has 230 valence electrons. The van der Waals surface area contributed by atoms with E-state index in [9.17, 15) is 13.6 Å². The molecule has 2 saturated heterocycles. The molecule has 2 aliphatic heterocycles. The van der Waals surface area contributed by atoms with Crippen molar-refractivity contribution in [1.29, 1.82) is 0 Å². The summed E-state index contributed by atoms with van der Waals surface area (Å²) in [6.45, 7) is 7.79. The monoisotopic (exact) mass is 591 g/mol. The molecule has 3 heterocycles. The fourth-order valence-corrected chi connectivity index (χ4v) is 5.58. The maximum Gasteiger partial charge on any atom is 0.155 e. The van der Waals surface area contributed by atoms with E-state index in [1.807, 2.05) is 38.1 Å². The number of benzene rings is 3. The number of hydrogen-bond acceptors (Lipinski definition) is 6. The highest BCUT2D eigenvalue weighted by Gasteiger charge is 2.19. The Balaban J connectivity index is 0.000000186. The van der Waals surface area contributed by atoms with E-state index in [4.69, 9.17) is 4.74 Å². The molecule has 6 rings (SSSR count). The molecule has 2 fully saturated rings. The van der Waals surface area contributed by atoms with E-state index < -0.39 is 11.6 Å². The van der Waals surface area contributed by atoms with Crippen molar-refractivity contribution in [3.63, 3.8) is 0 Å². The predicted molar refractivity (Wildman–Crippen MR) is 170 cm³/mol. The summed E-state index contributed by atoms with van der Waals surface area (Å²) in [6, 6.07) is 16.1. The number of H-pyrrole nitrogens is 1. The molecule has 2 aliphatic rings. The zero-order chi connectivity index (χ0) is 30.6. The van der Waals surface area contributed by atoms with E-state index >= 15 is 0 Å². The summed E-state index contributed by atoms with van der Waals surface area (Å²) in [4.78, 5) is 11.3. The van der Waals surface area contributed by atoms with Gasteiger partial charge in [0.15, 0.2) is 12.1 Å². The summed E-state index contributed by atoms with van der Waals surface area (Å²) in [5, 5.41) is 18.0. The van der Waals surface area contributed by atoms with Gasteiger partial charge in [-0.2, -0.15) is 5.10 Å². The summed E-state index contributed by atoms with van der Waals surface area (Å²) in [7, 11) is 1.80. The van der Waals surface area contributed by atoms with Gasteiger partial charge in [0, 0.05) is 49.0 Å². The van der Waals surface area contributed by atoms with Crippen molar-refractivity contribution < 1.29 is 18.3 Å². The Morgan fingerprint density at radius 2 is 1.65 bits per heavy atom. The molecule has 0 saturated carbocycles. The van der Waals surface area contributed by atoms with Crippen molar-refractivity contribution >= 4 is 28.7 Å². The molecule has 4 aromatic rings. The number of fused-ring (bicyclic) bond motifs is 1. The Kier molecular flexibility index (Phi) is 12.1. The van der Waals surface area contributed by atoms with Crippen molar-refractivity contribution in [3.8, 4) is 0 Å². The summed E-state index contributed by atoms with van der Waals surface area (Å²) in [5.41, 5.74) is 5.61. The van der Waals surface area contributed by atoms with Gasteiger partial charge in [0.1, 0.15) is 11.6 Å². The first-order valence-electron chi connectivity index (χ1n) is 15.3. The molecule has 7 nitrogen and oxygen atoms in total. The predicted octanol–water partition coefficient (Wildman–Crippen LogP) is 7.06. The van der Waals surface area contributed by atoms with Crippen molar-refractivity contribution in [2.75, 3.05) is 44.0 Å². The van der Waals surface area contributed by atoms with Crippen LogP contribution >= 0.6 is 0 Å². The van der Waals surface area contributed by atoms with Gasteiger partial charge in [-0.05, 0) is 104 Å². The van der Waals surface area contributed by atoms with Crippen LogP contribution in [0.1, 0.15) is 72.5 Å². The van der Waals surface area contributed by atoms with Crippen LogP contribution in [-0.4, -0.2) is 55.9 Å². The quantitative estimate of drug-likeness (QED) is 0.172. The van der Waals surface area contributed by atoms with E-state index in [-0.39, 0.29) is 0 Å². The van der Waals surface area contributed by atoms with E-state index in [1.54, 1.807) is 7.05 Å². The molecular weight excluding hydrogens is 548 g/mol. The Morgan fingerprint density at radius 3 is 2.33 bits per heavy atom. The Hall–Kier alpha value is -3.82. The zero-order valence-electron chi connectivity index (χ0n) is 25.3. The Labute approximate surface area is 252 Å². The first kappa shape index (κ1) is 32.1. The highest BCUT2D eigenvalue weighted by Crippen LogP contribution is 2.29. The largest absolute Gasteiger partial charge is 0.382 e. The normalized spacial score (nSPS) is 15.6. The van der Waals surface area contributed by atoms with Gasteiger partial charge < -0.3 is 20.7 Å². The second-order valence-corrected chi connectivity index (χ2v) is 10.7. The lowest BCUT2D eigenvalue weighted by atomic mass is 9.89. The van der Waals surface area contributed by atoms with Gasteiger partial charge in [0.05, 0.1) is 5.52 Å².